The molecule has 0 aliphatic carbocycles. The van der Waals surface area contributed by atoms with Crippen LogP contribution in [0.3, 0.4) is 0 Å². The van der Waals surface area contributed by atoms with Crippen LogP contribution in [-0.4, -0.2) is 4.57 Å². The predicted octanol–water partition coefficient (Wildman–Crippen LogP) is 6.54. The van der Waals surface area contributed by atoms with E-state index in [9.17, 15) is 0 Å². The first-order valence-electron chi connectivity index (χ1n) is 9.79. The van der Waals surface area contributed by atoms with Gasteiger partial charge in [0.2, 0.25) is 0 Å². The van der Waals surface area contributed by atoms with Crippen molar-refractivity contribution in [2.24, 2.45) is 0 Å². The highest BCUT2D eigenvalue weighted by Crippen LogP contribution is 2.33. The van der Waals surface area contributed by atoms with Crippen molar-refractivity contribution in [3.8, 4) is 0 Å². The van der Waals surface area contributed by atoms with Crippen molar-refractivity contribution in [3.63, 3.8) is 0 Å². The van der Waals surface area contributed by atoms with Gasteiger partial charge in [-0.25, -0.2) is 0 Å². The zero-order chi connectivity index (χ0) is 18.7. The van der Waals surface area contributed by atoms with Gasteiger partial charge in [0, 0.05) is 18.3 Å². The van der Waals surface area contributed by atoms with E-state index in [0.29, 0.717) is 0 Å². The Hall–Kier alpha value is -2.80. The molecule has 0 radical (unpaired) electrons. The summed E-state index contributed by atoms with van der Waals surface area (Å²) in [4.78, 5) is 0. The average Bonchev–Trinajstić information content (AvgIpc) is 3.11. The molecule has 27 heavy (non-hydrogen) atoms. The van der Waals surface area contributed by atoms with Gasteiger partial charge >= 0.3 is 0 Å². The Labute approximate surface area is 162 Å². The molecular weight excluding hydrogens is 326 g/mol. The van der Waals surface area contributed by atoms with Crippen molar-refractivity contribution < 1.29 is 0 Å². The average molecular weight is 354 g/mol. The van der Waals surface area contributed by atoms with Crippen LogP contribution in [0, 0.1) is 6.92 Å². The van der Waals surface area contributed by atoms with Crippen LogP contribution < -0.4 is 0 Å². The number of para-hydroxylation sites is 1. The van der Waals surface area contributed by atoms with Crippen LogP contribution in [0.2, 0.25) is 0 Å². The molecule has 1 aromatic heterocycles. The zero-order valence-corrected chi connectivity index (χ0v) is 16.2. The second-order valence-corrected chi connectivity index (χ2v) is 7.91. The molecule has 136 valence electrons. The molecule has 4 rings (SSSR count). The second-order valence-electron chi connectivity index (χ2n) is 7.91. The van der Waals surface area contributed by atoms with E-state index in [1.807, 2.05) is 0 Å². The third-order valence-electron chi connectivity index (χ3n) is 5.77. The fourth-order valence-corrected chi connectivity index (χ4v) is 4.04. The van der Waals surface area contributed by atoms with Crippen molar-refractivity contribution in [2.45, 2.75) is 38.6 Å². The van der Waals surface area contributed by atoms with Gasteiger partial charge in [0.1, 0.15) is 0 Å². The summed E-state index contributed by atoms with van der Waals surface area (Å²) in [5.74, 6) is 0. The van der Waals surface area contributed by atoms with Crippen LogP contribution >= 0.6 is 0 Å². The molecule has 0 amide bonds. The predicted molar refractivity (Wildman–Crippen MR) is 115 cm³/mol. The van der Waals surface area contributed by atoms with Crippen LogP contribution in [0.5, 0.6) is 0 Å². The molecule has 1 atom stereocenters. The van der Waals surface area contributed by atoms with Crippen molar-refractivity contribution in [3.05, 3.63) is 108 Å². The number of aryl methyl sites for hydroxylation is 2. The van der Waals surface area contributed by atoms with Crippen LogP contribution in [0.25, 0.3) is 10.9 Å². The Bertz CT molecular complexity index is 1010. The summed E-state index contributed by atoms with van der Waals surface area (Å²) in [6.45, 7) is 5.59. The lowest BCUT2D eigenvalue weighted by Crippen LogP contribution is -2.27. The van der Waals surface area contributed by atoms with Gasteiger partial charge in [0.15, 0.2) is 0 Å². The number of rotatable bonds is 6. The topological polar surface area (TPSA) is 4.93 Å². The lowest BCUT2D eigenvalue weighted by Gasteiger charge is -2.31. The molecule has 1 unspecified atom stereocenters. The molecule has 0 N–H and O–H groups in total. The first-order chi connectivity index (χ1) is 13.1. The first-order valence-corrected chi connectivity index (χ1v) is 9.79. The maximum Gasteiger partial charge on any atom is 0.0480 e. The highest BCUT2D eigenvalue weighted by atomic mass is 14.9. The summed E-state index contributed by atoms with van der Waals surface area (Å²) in [6.07, 6.45) is 4.38. The third kappa shape index (κ3) is 3.83. The number of nitrogens with zero attached hydrogens (tertiary/aromatic N) is 1. The highest BCUT2D eigenvalue weighted by Gasteiger charge is 2.27. The number of hydrogen-bond donors (Lipinski definition) is 0. The van der Waals surface area contributed by atoms with Gasteiger partial charge in [-0.3, -0.25) is 0 Å². The highest BCUT2D eigenvalue weighted by molar-refractivity contribution is 5.79. The van der Waals surface area contributed by atoms with E-state index >= 15 is 0 Å². The number of hydrogen-bond acceptors (Lipinski definition) is 0. The van der Waals surface area contributed by atoms with Gasteiger partial charge in [-0.1, -0.05) is 85.3 Å². The normalized spacial score (nSPS) is 13.6. The van der Waals surface area contributed by atoms with Gasteiger partial charge in [0.25, 0.3) is 0 Å². The van der Waals surface area contributed by atoms with Gasteiger partial charge in [-0.05, 0) is 53.8 Å². The molecular formula is C26H27N. The standard InChI is InChI=1S/C26H27N/c1-21-12-14-24(15-13-21)26(2,20-22-8-4-3-5-9-22)17-19-27-18-16-23-10-6-7-11-25(23)27/h3-16,18H,17,19-20H2,1-2H3. The molecule has 1 nitrogen and oxygen atoms in total. The molecule has 4 aromatic rings. The van der Waals surface area contributed by atoms with Crippen LogP contribution in [0.1, 0.15) is 30.0 Å². The summed E-state index contributed by atoms with van der Waals surface area (Å²) in [6, 6.07) is 30.8. The van der Waals surface area contributed by atoms with Crippen molar-refractivity contribution in [1.29, 1.82) is 0 Å². The van der Waals surface area contributed by atoms with Crippen molar-refractivity contribution >= 4 is 10.9 Å². The Kier molecular flexibility index (Phi) is 4.85. The maximum atomic E-state index is 2.41. The largest absolute Gasteiger partial charge is 0.347 e. The van der Waals surface area contributed by atoms with Crippen LogP contribution in [0.4, 0.5) is 0 Å². The van der Waals surface area contributed by atoms with E-state index < -0.39 is 0 Å². The van der Waals surface area contributed by atoms with Crippen LogP contribution in [-0.2, 0) is 18.4 Å². The van der Waals surface area contributed by atoms with E-state index in [1.165, 1.54) is 27.6 Å². The lowest BCUT2D eigenvalue weighted by atomic mass is 9.74. The van der Waals surface area contributed by atoms with Gasteiger partial charge in [-0.2, -0.15) is 0 Å². The lowest BCUT2D eigenvalue weighted by molar-refractivity contribution is 0.401. The summed E-state index contributed by atoms with van der Waals surface area (Å²) in [5, 5.41) is 1.32. The zero-order valence-electron chi connectivity index (χ0n) is 16.2. The summed E-state index contributed by atoms with van der Waals surface area (Å²) < 4.78 is 2.40. The van der Waals surface area contributed by atoms with Gasteiger partial charge in [-0.15, -0.1) is 0 Å². The number of aromatic nitrogens is 1. The van der Waals surface area contributed by atoms with E-state index in [-0.39, 0.29) is 5.41 Å². The summed E-state index contributed by atoms with van der Waals surface area (Å²) in [7, 11) is 0. The Morgan fingerprint density at radius 3 is 2.26 bits per heavy atom. The molecule has 0 aliphatic heterocycles. The van der Waals surface area contributed by atoms with Crippen molar-refractivity contribution in [2.75, 3.05) is 0 Å². The minimum Gasteiger partial charge on any atom is -0.347 e. The smallest absolute Gasteiger partial charge is 0.0480 e. The Morgan fingerprint density at radius 1 is 0.778 bits per heavy atom. The molecule has 0 fully saturated rings. The molecule has 1 heteroatoms. The molecule has 0 spiro atoms. The van der Waals surface area contributed by atoms with Crippen LogP contribution in [0.15, 0.2) is 91.1 Å². The van der Waals surface area contributed by atoms with E-state index in [4.69, 9.17) is 0 Å². The second kappa shape index (κ2) is 7.44. The minimum atomic E-state index is 0.0976. The Morgan fingerprint density at radius 2 is 1.48 bits per heavy atom. The molecule has 0 saturated carbocycles. The molecule has 0 saturated heterocycles. The quantitative estimate of drug-likeness (QED) is 0.371. The molecule has 0 aliphatic rings. The molecule has 0 bridgehead atoms. The number of benzene rings is 3. The number of fused-ring (bicyclic) bond motifs is 1. The first kappa shape index (κ1) is 17.6. The van der Waals surface area contributed by atoms with Gasteiger partial charge in [0.05, 0.1) is 0 Å². The summed E-state index contributed by atoms with van der Waals surface area (Å²) in [5.41, 5.74) is 5.56. The van der Waals surface area contributed by atoms with E-state index in [2.05, 4.69) is 110 Å². The minimum absolute atomic E-state index is 0.0976. The Balaban J connectivity index is 1.64. The van der Waals surface area contributed by atoms with E-state index in [1.54, 1.807) is 0 Å². The molecule has 1 heterocycles. The SMILES string of the molecule is Cc1ccc(C(C)(CCn2ccc3ccccc32)Cc2ccccc2)cc1. The fourth-order valence-electron chi connectivity index (χ4n) is 4.04. The van der Waals surface area contributed by atoms with E-state index in [0.717, 1.165) is 19.4 Å². The fraction of sp³-hybridized carbons (Fsp3) is 0.231. The maximum absolute atomic E-state index is 2.41. The van der Waals surface area contributed by atoms with Crippen molar-refractivity contribution in [1.82, 2.24) is 4.57 Å². The summed E-state index contributed by atoms with van der Waals surface area (Å²) >= 11 is 0. The monoisotopic (exact) mass is 353 g/mol. The molecule has 3 aromatic carbocycles. The third-order valence-corrected chi connectivity index (χ3v) is 5.77. The van der Waals surface area contributed by atoms with Gasteiger partial charge < -0.3 is 4.57 Å².